The van der Waals surface area contributed by atoms with Gasteiger partial charge in [0.2, 0.25) is 5.16 Å². The van der Waals surface area contributed by atoms with Crippen molar-refractivity contribution in [2.45, 2.75) is 31.2 Å². The molecule has 1 aromatic heterocycles. The van der Waals surface area contributed by atoms with Crippen LogP contribution in [0.1, 0.15) is 23.9 Å². The first-order chi connectivity index (χ1) is 8.19. The van der Waals surface area contributed by atoms with Gasteiger partial charge in [-0.3, -0.25) is 9.31 Å². The van der Waals surface area contributed by atoms with E-state index in [9.17, 15) is 4.21 Å². The highest BCUT2D eigenvalue weighted by Crippen LogP contribution is 2.10. The fraction of sp³-hybridized carbons (Fsp3) is 0.333. The number of aromatic amines is 1. The minimum atomic E-state index is -1.18. The third-order valence-electron chi connectivity index (χ3n) is 2.43. The van der Waals surface area contributed by atoms with Gasteiger partial charge in [-0.25, -0.2) is 4.98 Å². The Morgan fingerprint density at radius 3 is 2.88 bits per heavy atom. The average Bonchev–Trinajstić information content (AvgIpc) is 2.77. The number of nitrogens with zero attached hydrogens (tertiary/aromatic N) is 2. The maximum absolute atomic E-state index is 12.0. The quantitative estimate of drug-likeness (QED) is 0.901. The zero-order valence-corrected chi connectivity index (χ0v) is 10.8. The normalized spacial score (nSPS) is 12.6. The Labute approximate surface area is 103 Å². The predicted octanol–water partition coefficient (Wildman–Crippen LogP) is 1.98. The SMILES string of the molecule is CCc1nc(S(=O)Cc2cccc(C)c2)n[nH]1. The second kappa shape index (κ2) is 5.23. The largest absolute Gasteiger partial charge is 0.262 e. The molecule has 1 aromatic carbocycles. The predicted molar refractivity (Wildman–Crippen MR) is 67.1 cm³/mol. The fourth-order valence-electron chi connectivity index (χ4n) is 1.56. The fourth-order valence-corrected chi connectivity index (χ4v) is 2.53. The summed E-state index contributed by atoms with van der Waals surface area (Å²) in [6.45, 7) is 4.00. The summed E-state index contributed by atoms with van der Waals surface area (Å²) in [7, 11) is -1.18. The molecule has 5 heteroatoms. The van der Waals surface area contributed by atoms with Crippen molar-refractivity contribution in [1.29, 1.82) is 0 Å². The van der Waals surface area contributed by atoms with Crippen molar-refractivity contribution in [2.75, 3.05) is 0 Å². The molecule has 0 bridgehead atoms. The average molecular weight is 249 g/mol. The summed E-state index contributed by atoms with van der Waals surface area (Å²) >= 11 is 0. The van der Waals surface area contributed by atoms with E-state index in [-0.39, 0.29) is 0 Å². The number of hydrogen-bond acceptors (Lipinski definition) is 3. The van der Waals surface area contributed by atoms with Crippen LogP contribution in [-0.2, 0) is 23.0 Å². The number of benzene rings is 1. The molecule has 2 aromatic rings. The van der Waals surface area contributed by atoms with Crippen molar-refractivity contribution in [3.63, 3.8) is 0 Å². The second-order valence-electron chi connectivity index (χ2n) is 3.90. The van der Waals surface area contributed by atoms with Crippen molar-refractivity contribution < 1.29 is 4.21 Å². The molecule has 0 aliphatic heterocycles. The van der Waals surface area contributed by atoms with Gasteiger partial charge < -0.3 is 0 Å². The van der Waals surface area contributed by atoms with E-state index in [0.29, 0.717) is 10.9 Å². The van der Waals surface area contributed by atoms with E-state index < -0.39 is 10.8 Å². The highest BCUT2D eigenvalue weighted by Gasteiger charge is 2.10. The summed E-state index contributed by atoms with van der Waals surface area (Å²) < 4.78 is 12.0. The summed E-state index contributed by atoms with van der Waals surface area (Å²) in [5, 5.41) is 7.14. The van der Waals surface area contributed by atoms with E-state index in [1.54, 1.807) is 0 Å². The lowest BCUT2D eigenvalue weighted by Crippen LogP contribution is -1.99. The maximum atomic E-state index is 12.0. The molecule has 1 heterocycles. The molecule has 0 fully saturated rings. The van der Waals surface area contributed by atoms with Crippen LogP contribution in [0.3, 0.4) is 0 Å². The smallest absolute Gasteiger partial charge is 0.239 e. The van der Waals surface area contributed by atoms with Crippen molar-refractivity contribution >= 4 is 10.8 Å². The van der Waals surface area contributed by atoms with Crippen LogP contribution in [0.15, 0.2) is 29.4 Å². The Hall–Kier alpha value is -1.49. The van der Waals surface area contributed by atoms with Gasteiger partial charge in [0.1, 0.15) is 5.82 Å². The van der Waals surface area contributed by atoms with Crippen LogP contribution in [0, 0.1) is 6.92 Å². The molecule has 1 atom stereocenters. The molecule has 0 aliphatic rings. The number of nitrogens with one attached hydrogen (secondary N) is 1. The first-order valence-electron chi connectivity index (χ1n) is 5.54. The van der Waals surface area contributed by atoms with Crippen molar-refractivity contribution in [3.8, 4) is 0 Å². The molecule has 2 rings (SSSR count). The summed E-state index contributed by atoms with van der Waals surface area (Å²) in [5.41, 5.74) is 2.22. The number of hydrogen-bond donors (Lipinski definition) is 1. The van der Waals surface area contributed by atoms with E-state index in [4.69, 9.17) is 0 Å². The molecule has 1 N–H and O–H groups in total. The molecule has 17 heavy (non-hydrogen) atoms. The van der Waals surface area contributed by atoms with E-state index in [1.807, 2.05) is 38.1 Å². The molecular weight excluding hydrogens is 234 g/mol. The van der Waals surface area contributed by atoms with Gasteiger partial charge in [0.25, 0.3) is 0 Å². The van der Waals surface area contributed by atoms with Crippen LogP contribution in [0.5, 0.6) is 0 Å². The summed E-state index contributed by atoms with van der Waals surface area (Å²) in [4.78, 5) is 4.18. The number of aryl methyl sites for hydroxylation is 2. The highest BCUT2D eigenvalue weighted by molar-refractivity contribution is 7.84. The minimum absolute atomic E-state index is 0.392. The Morgan fingerprint density at radius 1 is 1.41 bits per heavy atom. The van der Waals surface area contributed by atoms with Crippen LogP contribution in [0.25, 0.3) is 0 Å². The van der Waals surface area contributed by atoms with Gasteiger partial charge in [0.05, 0.1) is 16.6 Å². The van der Waals surface area contributed by atoms with Crippen LogP contribution in [0.4, 0.5) is 0 Å². The standard InChI is InChI=1S/C12H15N3OS/c1-3-11-13-12(15-14-11)17(16)8-10-6-4-5-9(2)7-10/h4-7H,3,8H2,1-2H3,(H,13,14,15). The van der Waals surface area contributed by atoms with Crippen LogP contribution in [0.2, 0.25) is 0 Å². The maximum Gasteiger partial charge on any atom is 0.239 e. The van der Waals surface area contributed by atoms with E-state index in [2.05, 4.69) is 15.2 Å². The summed E-state index contributed by atoms with van der Waals surface area (Å²) in [6.07, 6.45) is 0.772. The molecule has 0 saturated heterocycles. The molecule has 0 saturated carbocycles. The summed E-state index contributed by atoms with van der Waals surface area (Å²) in [5.74, 6) is 1.24. The van der Waals surface area contributed by atoms with Crippen LogP contribution >= 0.6 is 0 Å². The Morgan fingerprint density at radius 2 is 2.24 bits per heavy atom. The molecule has 0 spiro atoms. The molecule has 0 amide bonds. The van der Waals surface area contributed by atoms with E-state index >= 15 is 0 Å². The van der Waals surface area contributed by atoms with Gasteiger partial charge in [0, 0.05) is 6.42 Å². The number of H-pyrrole nitrogens is 1. The van der Waals surface area contributed by atoms with Crippen molar-refractivity contribution in [3.05, 3.63) is 41.2 Å². The molecule has 90 valence electrons. The Bertz CT molecular complexity index is 536. The number of aromatic nitrogens is 3. The van der Waals surface area contributed by atoms with Gasteiger partial charge in [-0.1, -0.05) is 36.8 Å². The van der Waals surface area contributed by atoms with Crippen molar-refractivity contribution in [2.24, 2.45) is 0 Å². The molecule has 0 radical (unpaired) electrons. The molecular formula is C12H15N3OS. The van der Waals surface area contributed by atoms with Crippen LogP contribution in [-0.4, -0.2) is 19.4 Å². The lowest BCUT2D eigenvalue weighted by Gasteiger charge is -2.00. The topological polar surface area (TPSA) is 58.6 Å². The van der Waals surface area contributed by atoms with Gasteiger partial charge in [0.15, 0.2) is 0 Å². The van der Waals surface area contributed by atoms with E-state index in [0.717, 1.165) is 17.8 Å². The third kappa shape index (κ3) is 3.00. The van der Waals surface area contributed by atoms with Crippen LogP contribution < -0.4 is 0 Å². The van der Waals surface area contributed by atoms with Gasteiger partial charge in [-0.15, -0.1) is 5.10 Å². The first-order valence-corrected chi connectivity index (χ1v) is 6.86. The molecule has 4 nitrogen and oxygen atoms in total. The zero-order valence-electron chi connectivity index (χ0n) is 9.93. The third-order valence-corrected chi connectivity index (χ3v) is 3.62. The summed E-state index contributed by atoms with van der Waals surface area (Å²) in [6, 6.07) is 8.00. The van der Waals surface area contributed by atoms with E-state index in [1.165, 1.54) is 5.56 Å². The Balaban J connectivity index is 2.11. The minimum Gasteiger partial charge on any atom is -0.262 e. The molecule has 1 unspecified atom stereocenters. The monoisotopic (exact) mass is 249 g/mol. The molecule has 0 aliphatic carbocycles. The van der Waals surface area contributed by atoms with Gasteiger partial charge in [-0.2, -0.15) is 0 Å². The van der Waals surface area contributed by atoms with Crippen molar-refractivity contribution in [1.82, 2.24) is 15.2 Å². The zero-order chi connectivity index (χ0) is 12.3. The first kappa shape index (κ1) is 12.0. The second-order valence-corrected chi connectivity index (χ2v) is 5.24. The number of rotatable bonds is 4. The Kier molecular flexibility index (Phi) is 3.68. The lowest BCUT2D eigenvalue weighted by molar-refractivity contribution is 0.675. The van der Waals surface area contributed by atoms with Gasteiger partial charge >= 0.3 is 0 Å². The van der Waals surface area contributed by atoms with Gasteiger partial charge in [-0.05, 0) is 12.5 Å². The highest BCUT2D eigenvalue weighted by atomic mass is 32.2. The lowest BCUT2D eigenvalue weighted by atomic mass is 10.2.